The molecular formula is C12H22N2O4S. The van der Waals surface area contributed by atoms with Gasteiger partial charge in [0.05, 0.1) is 5.92 Å². The van der Waals surface area contributed by atoms with Crippen molar-refractivity contribution in [1.29, 1.82) is 0 Å². The molecule has 1 saturated heterocycles. The minimum Gasteiger partial charge on any atom is -0.481 e. The molecule has 2 atom stereocenters. The summed E-state index contributed by atoms with van der Waals surface area (Å²) in [5, 5.41) is 8.99. The summed E-state index contributed by atoms with van der Waals surface area (Å²) in [5.74, 6) is -0.833. The number of carbonyl (C=O) groups is 1. The van der Waals surface area contributed by atoms with Gasteiger partial charge >= 0.3 is 5.97 Å². The second kappa shape index (κ2) is 5.76. The summed E-state index contributed by atoms with van der Waals surface area (Å²) in [5.41, 5.74) is 0. The average Bonchev–Trinajstić information content (AvgIpc) is 3.12. The maximum absolute atomic E-state index is 12.2. The van der Waals surface area contributed by atoms with Crippen LogP contribution in [0.1, 0.15) is 39.0 Å². The van der Waals surface area contributed by atoms with Gasteiger partial charge in [0.1, 0.15) is 0 Å². The summed E-state index contributed by atoms with van der Waals surface area (Å²) < 4.78 is 28.3. The van der Waals surface area contributed by atoms with Crippen LogP contribution in [-0.2, 0) is 15.0 Å². The van der Waals surface area contributed by atoms with Crippen molar-refractivity contribution in [1.82, 2.24) is 9.03 Å². The molecule has 1 aliphatic heterocycles. The zero-order chi connectivity index (χ0) is 14.0. The minimum absolute atomic E-state index is 0.0808. The molecule has 110 valence electrons. The lowest BCUT2D eigenvalue weighted by Gasteiger charge is -2.30. The SMILES string of the molecule is CC(CC1CC1)NS(=O)(=O)N1CCCC(C(=O)O)C1. The molecule has 0 radical (unpaired) electrons. The number of nitrogens with one attached hydrogen (secondary N) is 1. The van der Waals surface area contributed by atoms with Gasteiger partial charge in [-0.3, -0.25) is 4.79 Å². The highest BCUT2D eigenvalue weighted by molar-refractivity contribution is 7.87. The summed E-state index contributed by atoms with van der Waals surface area (Å²) in [6, 6.07) is -0.0808. The fraction of sp³-hybridized carbons (Fsp3) is 0.917. The molecule has 2 rings (SSSR count). The predicted octanol–water partition coefficient (Wildman–Crippen LogP) is 0.806. The number of carboxylic acids is 1. The molecule has 0 aromatic rings. The van der Waals surface area contributed by atoms with E-state index in [4.69, 9.17) is 5.11 Å². The third-order valence-electron chi connectivity index (χ3n) is 3.81. The van der Waals surface area contributed by atoms with Crippen molar-refractivity contribution >= 4 is 16.2 Å². The van der Waals surface area contributed by atoms with Crippen LogP contribution < -0.4 is 4.72 Å². The first-order chi connectivity index (χ1) is 8.88. The van der Waals surface area contributed by atoms with Gasteiger partial charge in [-0.05, 0) is 32.1 Å². The average molecular weight is 290 g/mol. The molecule has 2 unspecified atom stereocenters. The first kappa shape index (κ1) is 14.7. The van der Waals surface area contributed by atoms with E-state index in [1.165, 1.54) is 17.1 Å². The van der Waals surface area contributed by atoms with Crippen LogP contribution in [0.2, 0.25) is 0 Å². The first-order valence-corrected chi connectivity index (χ1v) is 8.32. The van der Waals surface area contributed by atoms with E-state index >= 15 is 0 Å². The smallest absolute Gasteiger partial charge is 0.307 e. The lowest BCUT2D eigenvalue weighted by molar-refractivity contribution is -0.142. The third-order valence-corrected chi connectivity index (χ3v) is 5.52. The summed E-state index contributed by atoms with van der Waals surface area (Å²) in [4.78, 5) is 11.0. The van der Waals surface area contributed by atoms with Crippen molar-refractivity contribution in [2.24, 2.45) is 11.8 Å². The highest BCUT2D eigenvalue weighted by atomic mass is 32.2. The fourth-order valence-electron chi connectivity index (χ4n) is 2.59. The molecule has 1 aliphatic carbocycles. The molecule has 0 aromatic heterocycles. The molecule has 1 saturated carbocycles. The van der Waals surface area contributed by atoms with Gasteiger partial charge in [0.15, 0.2) is 0 Å². The normalized spacial score (nSPS) is 27.1. The van der Waals surface area contributed by atoms with Crippen molar-refractivity contribution in [3.8, 4) is 0 Å². The monoisotopic (exact) mass is 290 g/mol. The number of hydrogen-bond acceptors (Lipinski definition) is 3. The zero-order valence-corrected chi connectivity index (χ0v) is 12.0. The molecule has 2 fully saturated rings. The number of rotatable bonds is 6. The van der Waals surface area contributed by atoms with E-state index < -0.39 is 22.1 Å². The van der Waals surface area contributed by atoms with Crippen LogP contribution in [0.5, 0.6) is 0 Å². The molecule has 1 heterocycles. The lowest BCUT2D eigenvalue weighted by Crippen LogP contribution is -2.49. The molecule has 0 spiro atoms. The van der Waals surface area contributed by atoms with E-state index in [2.05, 4.69) is 4.72 Å². The Kier molecular flexibility index (Phi) is 4.47. The van der Waals surface area contributed by atoms with E-state index in [0.29, 0.717) is 25.3 Å². The van der Waals surface area contributed by atoms with Crippen molar-refractivity contribution in [2.75, 3.05) is 13.1 Å². The topological polar surface area (TPSA) is 86.7 Å². The Morgan fingerprint density at radius 1 is 1.42 bits per heavy atom. The maximum atomic E-state index is 12.2. The second-order valence-electron chi connectivity index (χ2n) is 5.74. The lowest BCUT2D eigenvalue weighted by atomic mass is 10.0. The molecule has 6 nitrogen and oxygen atoms in total. The van der Waals surface area contributed by atoms with E-state index in [-0.39, 0.29) is 12.6 Å². The van der Waals surface area contributed by atoms with Crippen LogP contribution in [0.15, 0.2) is 0 Å². The molecule has 19 heavy (non-hydrogen) atoms. The van der Waals surface area contributed by atoms with Gasteiger partial charge in [-0.1, -0.05) is 12.8 Å². The van der Waals surface area contributed by atoms with Gasteiger partial charge in [-0.25, -0.2) is 0 Å². The number of hydrogen-bond donors (Lipinski definition) is 2. The highest BCUT2D eigenvalue weighted by Crippen LogP contribution is 2.33. The minimum atomic E-state index is -3.55. The maximum Gasteiger partial charge on any atom is 0.307 e. The molecule has 0 bridgehead atoms. The molecule has 0 aromatic carbocycles. The molecule has 2 aliphatic rings. The summed E-state index contributed by atoms with van der Waals surface area (Å²) >= 11 is 0. The van der Waals surface area contributed by atoms with Crippen molar-refractivity contribution < 1.29 is 18.3 Å². The summed E-state index contributed by atoms with van der Waals surface area (Å²) in [7, 11) is -3.55. The van der Waals surface area contributed by atoms with Gasteiger partial charge in [-0.15, -0.1) is 0 Å². The highest BCUT2D eigenvalue weighted by Gasteiger charge is 2.33. The van der Waals surface area contributed by atoms with Crippen LogP contribution in [-0.4, -0.2) is 42.9 Å². The molecule has 0 amide bonds. The van der Waals surface area contributed by atoms with Crippen molar-refractivity contribution in [3.05, 3.63) is 0 Å². The fourth-order valence-corrected chi connectivity index (χ4v) is 4.09. The number of aliphatic carboxylic acids is 1. The predicted molar refractivity (Wildman–Crippen MR) is 70.8 cm³/mol. The largest absolute Gasteiger partial charge is 0.481 e. The summed E-state index contributed by atoms with van der Waals surface area (Å²) in [6.45, 7) is 2.37. The van der Waals surface area contributed by atoms with Crippen LogP contribution in [0.25, 0.3) is 0 Å². The Balaban J connectivity index is 1.91. The summed E-state index contributed by atoms with van der Waals surface area (Å²) in [6.07, 6.45) is 4.41. The molecule has 2 N–H and O–H groups in total. The Labute approximate surface area is 114 Å². The zero-order valence-electron chi connectivity index (χ0n) is 11.2. The van der Waals surface area contributed by atoms with E-state index in [1.807, 2.05) is 6.92 Å². The van der Waals surface area contributed by atoms with Gasteiger partial charge in [0.25, 0.3) is 10.2 Å². The van der Waals surface area contributed by atoms with Crippen LogP contribution >= 0.6 is 0 Å². The van der Waals surface area contributed by atoms with Crippen molar-refractivity contribution in [2.45, 2.75) is 45.1 Å². The Bertz CT molecular complexity index is 433. The Hall–Kier alpha value is -0.660. The van der Waals surface area contributed by atoms with Gasteiger partial charge in [0.2, 0.25) is 0 Å². The van der Waals surface area contributed by atoms with Gasteiger partial charge in [0, 0.05) is 19.1 Å². The Morgan fingerprint density at radius 2 is 2.11 bits per heavy atom. The van der Waals surface area contributed by atoms with Crippen molar-refractivity contribution in [3.63, 3.8) is 0 Å². The molecular weight excluding hydrogens is 268 g/mol. The second-order valence-corrected chi connectivity index (χ2v) is 7.44. The van der Waals surface area contributed by atoms with Crippen LogP contribution in [0.4, 0.5) is 0 Å². The van der Waals surface area contributed by atoms with E-state index in [0.717, 1.165) is 6.42 Å². The van der Waals surface area contributed by atoms with E-state index in [9.17, 15) is 13.2 Å². The molecule has 7 heteroatoms. The van der Waals surface area contributed by atoms with Crippen LogP contribution in [0.3, 0.4) is 0 Å². The number of carboxylic acid groups (broad SMARTS) is 1. The van der Waals surface area contributed by atoms with Gasteiger partial charge < -0.3 is 5.11 Å². The van der Waals surface area contributed by atoms with Crippen LogP contribution in [0, 0.1) is 11.8 Å². The quantitative estimate of drug-likeness (QED) is 0.758. The standard InChI is InChI=1S/C12H22N2O4S/c1-9(7-10-4-5-10)13-19(17,18)14-6-2-3-11(8-14)12(15)16/h9-11,13H,2-8H2,1H3,(H,15,16). The third kappa shape index (κ3) is 4.15. The number of piperidine rings is 1. The van der Waals surface area contributed by atoms with E-state index in [1.54, 1.807) is 0 Å². The number of nitrogens with zero attached hydrogens (tertiary/aromatic N) is 1. The first-order valence-electron chi connectivity index (χ1n) is 6.88. The Morgan fingerprint density at radius 3 is 2.68 bits per heavy atom. The van der Waals surface area contributed by atoms with Gasteiger partial charge in [-0.2, -0.15) is 17.4 Å².